The number of nitrogens with one attached hydrogen (secondary N) is 4. The summed E-state index contributed by atoms with van der Waals surface area (Å²) in [7, 11) is 0. The van der Waals surface area contributed by atoms with Crippen LogP contribution in [-0.4, -0.2) is 31.7 Å². The first-order chi connectivity index (χ1) is 4.88. The van der Waals surface area contributed by atoms with Crippen molar-refractivity contribution in [1.29, 1.82) is 0 Å². The summed E-state index contributed by atoms with van der Waals surface area (Å²) in [6.07, 6.45) is 0.414. The van der Waals surface area contributed by atoms with Crippen molar-refractivity contribution in [2.24, 2.45) is 5.73 Å². The van der Waals surface area contributed by atoms with Crippen molar-refractivity contribution >= 4 is 0 Å². The maximum absolute atomic E-state index is 5.77. The highest BCUT2D eigenvalue weighted by molar-refractivity contribution is 4.94. The molecular weight excluding hydrogens is 130 g/mol. The van der Waals surface area contributed by atoms with Crippen LogP contribution < -0.4 is 27.0 Å². The summed E-state index contributed by atoms with van der Waals surface area (Å²) in [4.78, 5) is 0. The molecule has 2 heterocycles. The van der Waals surface area contributed by atoms with E-state index in [1.165, 1.54) is 0 Å². The molecule has 2 aliphatic rings. The fourth-order valence-electron chi connectivity index (χ4n) is 1.48. The molecular formula is C5H13N5. The molecule has 2 rings (SSSR count). The van der Waals surface area contributed by atoms with Crippen molar-refractivity contribution in [3.63, 3.8) is 0 Å². The SMILES string of the molecule is NC1NCNC2NCNC12. The van der Waals surface area contributed by atoms with Crippen LogP contribution >= 0.6 is 0 Å². The molecule has 0 aromatic rings. The van der Waals surface area contributed by atoms with E-state index >= 15 is 0 Å². The van der Waals surface area contributed by atoms with E-state index in [4.69, 9.17) is 5.73 Å². The summed E-state index contributed by atoms with van der Waals surface area (Å²) in [5.41, 5.74) is 5.77. The van der Waals surface area contributed by atoms with Crippen LogP contribution in [0.4, 0.5) is 0 Å². The zero-order valence-corrected chi connectivity index (χ0v) is 5.72. The van der Waals surface area contributed by atoms with Gasteiger partial charge in [-0.3, -0.25) is 21.3 Å². The van der Waals surface area contributed by atoms with E-state index in [9.17, 15) is 0 Å². The van der Waals surface area contributed by atoms with Gasteiger partial charge in [-0.15, -0.1) is 0 Å². The fourth-order valence-corrected chi connectivity index (χ4v) is 1.48. The maximum atomic E-state index is 5.77. The van der Waals surface area contributed by atoms with Crippen LogP contribution in [0.5, 0.6) is 0 Å². The number of hydrogen-bond acceptors (Lipinski definition) is 5. The zero-order chi connectivity index (χ0) is 6.97. The first-order valence-electron chi connectivity index (χ1n) is 3.57. The second-order valence-electron chi connectivity index (χ2n) is 2.70. The Kier molecular flexibility index (Phi) is 1.59. The van der Waals surface area contributed by atoms with Gasteiger partial charge in [0.25, 0.3) is 0 Å². The summed E-state index contributed by atoms with van der Waals surface area (Å²) >= 11 is 0. The van der Waals surface area contributed by atoms with Crippen LogP contribution in [0.2, 0.25) is 0 Å². The molecule has 0 aromatic heterocycles. The summed E-state index contributed by atoms with van der Waals surface area (Å²) in [5.74, 6) is 0. The van der Waals surface area contributed by atoms with E-state index in [0.717, 1.165) is 13.3 Å². The third-order valence-electron chi connectivity index (χ3n) is 2.07. The van der Waals surface area contributed by atoms with Gasteiger partial charge in [0.05, 0.1) is 18.4 Å². The summed E-state index contributed by atoms with van der Waals surface area (Å²) in [5, 5.41) is 12.9. The van der Waals surface area contributed by atoms with E-state index in [0.29, 0.717) is 12.2 Å². The Bertz CT molecular complexity index is 127. The molecule has 58 valence electrons. The second-order valence-corrected chi connectivity index (χ2v) is 2.70. The topological polar surface area (TPSA) is 74.1 Å². The summed E-state index contributed by atoms with van der Waals surface area (Å²) < 4.78 is 0. The van der Waals surface area contributed by atoms with Crippen LogP contribution in [0, 0.1) is 0 Å². The Balaban J connectivity index is 2.03. The predicted octanol–water partition coefficient (Wildman–Crippen LogP) is -2.73. The number of fused-ring (bicyclic) bond motifs is 1. The minimum Gasteiger partial charge on any atom is -0.314 e. The Morgan fingerprint density at radius 3 is 2.40 bits per heavy atom. The summed E-state index contributed by atoms with van der Waals surface area (Å²) in [6, 6.07) is 0.328. The van der Waals surface area contributed by atoms with E-state index in [-0.39, 0.29) is 6.17 Å². The molecule has 0 radical (unpaired) electrons. The van der Waals surface area contributed by atoms with Gasteiger partial charge in [0.15, 0.2) is 0 Å². The first-order valence-corrected chi connectivity index (χ1v) is 3.57. The molecule has 2 saturated heterocycles. The molecule has 3 atom stereocenters. The third kappa shape index (κ3) is 0.920. The number of hydrogen-bond donors (Lipinski definition) is 5. The molecule has 0 aliphatic carbocycles. The first kappa shape index (κ1) is 6.51. The lowest BCUT2D eigenvalue weighted by atomic mass is 10.1. The van der Waals surface area contributed by atoms with E-state index in [1.807, 2.05) is 0 Å². The highest BCUT2D eigenvalue weighted by Crippen LogP contribution is 2.01. The van der Waals surface area contributed by atoms with Gasteiger partial charge in [0.1, 0.15) is 0 Å². The molecule has 3 unspecified atom stereocenters. The maximum Gasteiger partial charge on any atom is 0.0778 e. The normalized spacial score (nSPS) is 47.1. The molecule has 6 N–H and O–H groups in total. The Labute approximate surface area is 59.7 Å². The van der Waals surface area contributed by atoms with Crippen LogP contribution in [0.1, 0.15) is 0 Å². The Hall–Kier alpha value is -0.200. The summed E-state index contributed by atoms with van der Waals surface area (Å²) in [6.45, 7) is 1.63. The zero-order valence-electron chi connectivity index (χ0n) is 5.72. The van der Waals surface area contributed by atoms with Gasteiger partial charge < -0.3 is 5.73 Å². The van der Waals surface area contributed by atoms with Crippen LogP contribution in [0.15, 0.2) is 0 Å². The standard InChI is InChI=1S/C5H13N5/c6-4-3-5(9-1-7-3)10-2-8-4/h3-5,7-10H,1-2,6H2. The van der Waals surface area contributed by atoms with Crippen molar-refractivity contribution in [2.45, 2.75) is 18.4 Å². The smallest absolute Gasteiger partial charge is 0.0778 e. The second kappa shape index (κ2) is 2.44. The van der Waals surface area contributed by atoms with Crippen molar-refractivity contribution in [1.82, 2.24) is 21.3 Å². The van der Waals surface area contributed by atoms with E-state index < -0.39 is 0 Å². The van der Waals surface area contributed by atoms with Gasteiger partial charge in [-0.25, -0.2) is 0 Å². The Morgan fingerprint density at radius 2 is 1.70 bits per heavy atom. The van der Waals surface area contributed by atoms with Gasteiger partial charge >= 0.3 is 0 Å². The number of rotatable bonds is 0. The van der Waals surface area contributed by atoms with Crippen LogP contribution in [0.25, 0.3) is 0 Å². The molecule has 5 nitrogen and oxygen atoms in total. The molecule has 0 saturated carbocycles. The molecule has 2 aliphatic heterocycles. The quantitative estimate of drug-likeness (QED) is 0.254. The van der Waals surface area contributed by atoms with Gasteiger partial charge in [-0.05, 0) is 0 Å². The van der Waals surface area contributed by atoms with Crippen molar-refractivity contribution in [2.75, 3.05) is 13.3 Å². The van der Waals surface area contributed by atoms with Gasteiger partial charge in [0.2, 0.25) is 0 Å². The molecule has 0 aromatic carbocycles. The van der Waals surface area contributed by atoms with Crippen LogP contribution in [0.3, 0.4) is 0 Å². The van der Waals surface area contributed by atoms with Gasteiger partial charge in [-0.2, -0.15) is 0 Å². The van der Waals surface area contributed by atoms with Crippen molar-refractivity contribution in [3.8, 4) is 0 Å². The average Bonchev–Trinajstić information content (AvgIpc) is 2.36. The van der Waals surface area contributed by atoms with Gasteiger partial charge in [0, 0.05) is 13.3 Å². The van der Waals surface area contributed by atoms with Crippen molar-refractivity contribution in [3.05, 3.63) is 0 Å². The molecule has 10 heavy (non-hydrogen) atoms. The van der Waals surface area contributed by atoms with E-state index in [2.05, 4.69) is 21.3 Å². The molecule has 2 fully saturated rings. The molecule has 0 bridgehead atoms. The fraction of sp³-hybridized carbons (Fsp3) is 1.00. The Morgan fingerprint density at radius 1 is 1.00 bits per heavy atom. The monoisotopic (exact) mass is 143 g/mol. The molecule has 0 spiro atoms. The highest BCUT2D eigenvalue weighted by atomic mass is 15.4. The highest BCUT2D eigenvalue weighted by Gasteiger charge is 2.33. The predicted molar refractivity (Wildman–Crippen MR) is 37.8 cm³/mol. The average molecular weight is 143 g/mol. The lowest BCUT2D eigenvalue weighted by molar-refractivity contribution is 0.272. The van der Waals surface area contributed by atoms with E-state index in [1.54, 1.807) is 0 Å². The molecule has 0 amide bonds. The van der Waals surface area contributed by atoms with Gasteiger partial charge in [-0.1, -0.05) is 0 Å². The lowest BCUT2D eigenvalue weighted by Gasteiger charge is -2.32. The van der Waals surface area contributed by atoms with Crippen molar-refractivity contribution < 1.29 is 0 Å². The minimum atomic E-state index is 0.0706. The molecule has 5 heteroatoms. The third-order valence-corrected chi connectivity index (χ3v) is 2.07. The lowest BCUT2D eigenvalue weighted by Crippen LogP contribution is -2.66. The number of nitrogens with two attached hydrogens (primary N) is 1. The van der Waals surface area contributed by atoms with Crippen LogP contribution in [-0.2, 0) is 0 Å². The minimum absolute atomic E-state index is 0.0706. The largest absolute Gasteiger partial charge is 0.314 e.